The van der Waals surface area contributed by atoms with E-state index in [1.54, 1.807) is 0 Å². The molecule has 5 aromatic rings. The molecule has 34 heavy (non-hydrogen) atoms. The van der Waals surface area contributed by atoms with E-state index < -0.39 is 0 Å². The molecule has 0 bridgehead atoms. The van der Waals surface area contributed by atoms with E-state index in [0.29, 0.717) is 11.1 Å². The van der Waals surface area contributed by atoms with E-state index in [0.717, 1.165) is 40.1 Å². The van der Waals surface area contributed by atoms with E-state index in [1.165, 1.54) is 5.56 Å². The average Bonchev–Trinajstić information content (AvgIpc) is 3.23. The highest BCUT2D eigenvalue weighted by Crippen LogP contribution is 2.34. The molecule has 2 heterocycles. The first kappa shape index (κ1) is 20.3. The molecule has 1 amide bonds. The van der Waals surface area contributed by atoms with Crippen molar-refractivity contribution in [3.63, 3.8) is 0 Å². The van der Waals surface area contributed by atoms with Gasteiger partial charge in [-0.25, -0.2) is 9.97 Å². The number of fused-ring (bicyclic) bond motifs is 2. The highest BCUT2D eigenvalue weighted by Gasteiger charge is 2.31. The minimum atomic E-state index is -0.00505. The Kier molecular flexibility index (Phi) is 4.92. The minimum absolute atomic E-state index is 0.00505. The van der Waals surface area contributed by atoms with Gasteiger partial charge in [-0.3, -0.25) is 4.79 Å². The van der Waals surface area contributed by atoms with Gasteiger partial charge >= 0.3 is 0 Å². The van der Waals surface area contributed by atoms with E-state index >= 15 is 0 Å². The van der Waals surface area contributed by atoms with Crippen molar-refractivity contribution in [1.82, 2.24) is 9.97 Å². The van der Waals surface area contributed by atoms with Gasteiger partial charge in [0.05, 0.1) is 22.4 Å². The molecule has 0 aliphatic carbocycles. The van der Waals surface area contributed by atoms with Crippen LogP contribution < -0.4 is 4.90 Å². The number of amides is 1. The van der Waals surface area contributed by atoms with Crippen LogP contribution in [0.1, 0.15) is 22.8 Å². The van der Waals surface area contributed by atoms with Gasteiger partial charge in [0, 0.05) is 28.4 Å². The highest BCUT2D eigenvalue weighted by atomic mass is 16.2. The molecule has 1 aliphatic rings. The summed E-state index contributed by atoms with van der Waals surface area (Å²) in [5.74, 6) is -0.00505. The van der Waals surface area contributed by atoms with Gasteiger partial charge in [0.25, 0.3) is 5.91 Å². The Morgan fingerprint density at radius 1 is 0.735 bits per heavy atom. The van der Waals surface area contributed by atoms with Crippen LogP contribution in [0.4, 0.5) is 5.69 Å². The Bertz CT molecular complexity index is 1510. The molecule has 4 heteroatoms. The van der Waals surface area contributed by atoms with E-state index in [9.17, 15) is 4.79 Å². The van der Waals surface area contributed by atoms with Crippen LogP contribution in [0.5, 0.6) is 0 Å². The summed E-state index contributed by atoms with van der Waals surface area (Å²) >= 11 is 0. The Morgan fingerprint density at radius 3 is 2.00 bits per heavy atom. The first-order chi connectivity index (χ1) is 16.7. The summed E-state index contributed by atoms with van der Waals surface area (Å²) in [5.41, 5.74) is 7.96. The fraction of sp³-hybridized carbons (Fsp3) is 0.100. The molecule has 0 spiro atoms. The number of hydrogen-bond acceptors (Lipinski definition) is 3. The zero-order chi connectivity index (χ0) is 23.1. The molecule has 1 aliphatic heterocycles. The van der Waals surface area contributed by atoms with Crippen LogP contribution in [0.3, 0.4) is 0 Å². The lowest BCUT2D eigenvalue weighted by Gasteiger charge is -2.23. The van der Waals surface area contributed by atoms with Crippen molar-refractivity contribution < 1.29 is 4.79 Å². The Balaban J connectivity index is 1.48. The van der Waals surface area contributed by atoms with Gasteiger partial charge in [0.15, 0.2) is 0 Å². The van der Waals surface area contributed by atoms with Gasteiger partial charge in [0.1, 0.15) is 0 Å². The third kappa shape index (κ3) is 3.44. The van der Waals surface area contributed by atoms with Gasteiger partial charge in [-0.2, -0.15) is 0 Å². The lowest BCUT2D eigenvalue weighted by molar-refractivity contribution is 0.0981. The summed E-state index contributed by atoms with van der Waals surface area (Å²) in [6.07, 6.45) is 0.869. The standard InChI is InChI=1S/C30H23N3O/c1-20-18-23-14-8-9-15-27(23)33(20)30(34)24-16-17-25-26(19-24)32-29(22-12-6-3-7-13-22)28(31-25)21-10-4-2-5-11-21/h2-17,19-20H,18H2,1H3. The zero-order valence-corrected chi connectivity index (χ0v) is 18.8. The van der Waals surface area contributed by atoms with Crippen LogP contribution in [0.25, 0.3) is 33.5 Å². The molecule has 1 unspecified atom stereocenters. The molecule has 164 valence electrons. The summed E-state index contributed by atoms with van der Waals surface area (Å²) < 4.78 is 0. The van der Waals surface area contributed by atoms with Crippen molar-refractivity contribution in [3.05, 3.63) is 114 Å². The fourth-order valence-corrected chi connectivity index (χ4v) is 4.80. The molecule has 4 nitrogen and oxygen atoms in total. The number of nitrogens with zero attached hydrogens (tertiary/aromatic N) is 3. The Morgan fingerprint density at radius 2 is 1.32 bits per heavy atom. The molecule has 0 fully saturated rings. The number of carbonyl (C=O) groups is 1. The van der Waals surface area contributed by atoms with E-state index in [-0.39, 0.29) is 11.9 Å². The highest BCUT2D eigenvalue weighted by molar-refractivity contribution is 6.09. The second-order valence-corrected chi connectivity index (χ2v) is 8.71. The number of para-hydroxylation sites is 1. The Labute approximate surface area is 198 Å². The van der Waals surface area contributed by atoms with Gasteiger partial charge in [-0.1, -0.05) is 78.9 Å². The summed E-state index contributed by atoms with van der Waals surface area (Å²) in [7, 11) is 0. The predicted octanol–water partition coefficient (Wildman–Crippen LogP) is 6.56. The molecule has 1 aromatic heterocycles. The van der Waals surface area contributed by atoms with Crippen LogP contribution in [0.2, 0.25) is 0 Å². The lowest BCUT2D eigenvalue weighted by Crippen LogP contribution is -2.35. The number of carbonyl (C=O) groups excluding carboxylic acids is 1. The lowest BCUT2D eigenvalue weighted by atomic mass is 10.0. The number of rotatable bonds is 3. The first-order valence-electron chi connectivity index (χ1n) is 11.5. The fourth-order valence-electron chi connectivity index (χ4n) is 4.80. The minimum Gasteiger partial charge on any atom is -0.305 e. The second kappa shape index (κ2) is 8.23. The predicted molar refractivity (Wildman–Crippen MR) is 137 cm³/mol. The average molecular weight is 442 g/mol. The molecule has 4 aromatic carbocycles. The summed E-state index contributed by atoms with van der Waals surface area (Å²) in [5, 5.41) is 0. The molecule has 6 rings (SSSR count). The number of benzene rings is 4. The maximum absolute atomic E-state index is 13.6. The maximum Gasteiger partial charge on any atom is 0.258 e. The van der Waals surface area contributed by atoms with Crippen molar-refractivity contribution in [2.45, 2.75) is 19.4 Å². The van der Waals surface area contributed by atoms with Gasteiger partial charge in [-0.05, 0) is 43.2 Å². The normalized spacial score (nSPS) is 14.9. The largest absolute Gasteiger partial charge is 0.305 e. The van der Waals surface area contributed by atoms with Gasteiger partial charge in [-0.15, -0.1) is 0 Å². The van der Waals surface area contributed by atoms with E-state index in [4.69, 9.17) is 9.97 Å². The summed E-state index contributed by atoms with van der Waals surface area (Å²) in [6, 6.07) is 34.1. The zero-order valence-electron chi connectivity index (χ0n) is 18.8. The maximum atomic E-state index is 13.6. The quantitative estimate of drug-likeness (QED) is 0.319. The van der Waals surface area contributed by atoms with E-state index in [1.807, 2.05) is 102 Å². The molecule has 1 atom stereocenters. The van der Waals surface area contributed by atoms with E-state index in [2.05, 4.69) is 13.0 Å². The van der Waals surface area contributed by atoms with Gasteiger partial charge in [0.2, 0.25) is 0 Å². The van der Waals surface area contributed by atoms with Crippen molar-refractivity contribution in [3.8, 4) is 22.5 Å². The van der Waals surface area contributed by atoms with Crippen LogP contribution >= 0.6 is 0 Å². The third-order valence-electron chi connectivity index (χ3n) is 6.43. The van der Waals surface area contributed by atoms with Gasteiger partial charge < -0.3 is 4.90 Å². The Hall–Kier alpha value is -4.31. The number of aromatic nitrogens is 2. The van der Waals surface area contributed by atoms with Crippen LogP contribution in [0, 0.1) is 0 Å². The monoisotopic (exact) mass is 441 g/mol. The molecule has 0 saturated heterocycles. The number of anilines is 1. The topological polar surface area (TPSA) is 46.1 Å². The van der Waals surface area contributed by atoms with Crippen LogP contribution in [-0.4, -0.2) is 21.9 Å². The van der Waals surface area contributed by atoms with Crippen molar-refractivity contribution in [1.29, 1.82) is 0 Å². The molecular weight excluding hydrogens is 418 g/mol. The summed E-state index contributed by atoms with van der Waals surface area (Å²) in [4.78, 5) is 25.5. The SMILES string of the molecule is CC1Cc2ccccc2N1C(=O)c1ccc2nc(-c3ccccc3)c(-c3ccccc3)nc2c1. The number of hydrogen-bond donors (Lipinski definition) is 0. The van der Waals surface area contributed by atoms with Crippen molar-refractivity contribution >= 4 is 22.6 Å². The molecule has 0 N–H and O–H groups in total. The first-order valence-corrected chi connectivity index (χ1v) is 11.5. The smallest absolute Gasteiger partial charge is 0.258 e. The van der Waals surface area contributed by atoms with Crippen molar-refractivity contribution in [2.24, 2.45) is 0 Å². The molecule has 0 radical (unpaired) electrons. The molecular formula is C30H23N3O. The van der Waals surface area contributed by atoms with Crippen LogP contribution in [0.15, 0.2) is 103 Å². The second-order valence-electron chi connectivity index (χ2n) is 8.71. The molecule has 0 saturated carbocycles. The van der Waals surface area contributed by atoms with Crippen LogP contribution in [-0.2, 0) is 6.42 Å². The third-order valence-corrected chi connectivity index (χ3v) is 6.43. The van der Waals surface area contributed by atoms with Crippen molar-refractivity contribution in [2.75, 3.05) is 4.90 Å². The summed E-state index contributed by atoms with van der Waals surface area (Å²) in [6.45, 7) is 2.10.